The molecule has 0 aliphatic carbocycles. The summed E-state index contributed by atoms with van der Waals surface area (Å²) < 4.78 is 0. The first-order valence-electron chi connectivity index (χ1n) is 6.07. The molecule has 1 aromatic carbocycles. The Morgan fingerprint density at radius 2 is 1.79 bits per heavy atom. The van der Waals surface area contributed by atoms with Gasteiger partial charge in [0.2, 0.25) is 11.8 Å². The molecule has 19 heavy (non-hydrogen) atoms. The second kappa shape index (κ2) is 4.93. The first kappa shape index (κ1) is 12.0. The maximum absolute atomic E-state index is 11.5. The molecule has 0 spiro atoms. The Hall–Kier alpha value is -2.01. The van der Waals surface area contributed by atoms with Crippen LogP contribution in [0.3, 0.4) is 0 Å². The number of hydrogen-bond acceptors (Lipinski definition) is 4. The number of likely N-dealkylation sites (tertiary alicyclic amines) is 1. The third-order valence-electron chi connectivity index (χ3n) is 3.07. The number of carbonyl (C=O) groups excluding carboxylic acids is 2. The van der Waals surface area contributed by atoms with Crippen LogP contribution in [-0.2, 0) is 16.1 Å². The Balaban J connectivity index is 1.79. The van der Waals surface area contributed by atoms with Gasteiger partial charge in [0.15, 0.2) is 0 Å². The lowest BCUT2D eigenvalue weighted by Crippen LogP contribution is -2.28. The molecule has 1 aromatic heterocycles. The van der Waals surface area contributed by atoms with Gasteiger partial charge in [-0.05, 0) is 0 Å². The Morgan fingerprint density at radius 3 is 2.47 bits per heavy atom. The zero-order chi connectivity index (χ0) is 13.2. The largest absolute Gasteiger partial charge is 0.276 e. The van der Waals surface area contributed by atoms with Crippen LogP contribution in [0.1, 0.15) is 17.8 Å². The highest BCUT2D eigenvalue weighted by Crippen LogP contribution is 2.24. The van der Waals surface area contributed by atoms with Gasteiger partial charge in [0.05, 0.1) is 12.2 Å². The SMILES string of the molecule is O=C1CCC(=O)N1Cc1nc(-c2ccccc2)cs1. The molecule has 96 valence electrons. The number of imide groups is 1. The number of benzene rings is 1. The number of hydrogen-bond donors (Lipinski definition) is 0. The molecule has 2 heterocycles. The van der Waals surface area contributed by atoms with Crippen molar-refractivity contribution in [1.82, 2.24) is 9.88 Å². The summed E-state index contributed by atoms with van der Waals surface area (Å²) in [6, 6.07) is 9.86. The van der Waals surface area contributed by atoms with Crippen LogP contribution in [0.5, 0.6) is 0 Å². The standard InChI is InChI=1S/C14H12N2O2S/c17-13-6-7-14(18)16(13)8-12-15-11(9-19-12)10-4-2-1-3-5-10/h1-5,9H,6-8H2. The summed E-state index contributed by atoms with van der Waals surface area (Å²) in [5, 5.41) is 2.75. The Bertz CT molecular complexity index is 605. The van der Waals surface area contributed by atoms with Crippen LogP contribution in [-0.4, -0.2) is 21.7 Å². The normalized spacial score (nSPS) is 15.3. The molecule has 3 rings (SSSR count). The van der Waals surface area contributed by atoms with Gasteiger partial charge in [-0.1, -0.05) is 30.3 Å². The van der Waals surface area contributed by atoms with E-state index in [2.05, 4.69) is 4.98 Å². The van der Waals surface area contributed by atoms with Crippen LogP contribution in [0.15, 0.2) is 35.7 Å². The summed E-state index contributed by atoms with van der Waals surface area (Å²) in [5.41, 5.74) is 1.93. The average molecular weight is 272 g/mol. The zero-order valence-corrected chi connectivity index (χ0v) is 11.0. The van der Waals surface area contributed by atoms with Crippen LogP contribution in [0, 0.1) is 0 Å². The van der Waals surface area contributed by atoms with Crippen LogP contribution in [0.2, 0.25) is 0 Å². The Kier molecular flexibility index (Phi) is 3.13. The van der Waals surface area contributed by atoms with E-state index >= 15 is 0 Å². The molecule has 0 atom stereocenters. The fourth-order valence-electron chi connectivity index (χ4n) is 2.06. The third kappa shape index (κ3) is 2.42. The molecule has 5 heteroatoms. The molecule has 0 N–H and O–H groups in total. The predicted octanol–water partition coefficient (Wildman–Crippen LogP) is 2.46. The molecule has 2 aromatic rings. The molecule has 0 bridgehead atoms. The van der Waals surface area contributed by atoms with Crippen molar-refractivity contribution in [2.75, 3.05) is 0 Å². The van der Waals surface area contributed by atoms with E-state index in [1.165, 1.54) is 16.2 Å². The molecule has 1 saturated heterocycles. The lowest BCUT2D eigenvalue weighted by Gasteiger charge is -2.10. The highest BCUT2D eigenvalue weighted by molar-refractivity contribution is 7.09. The van der Waals surface area contributed by atoms with Crippen LogP contribution in [0.25, 0.3) is 11.3 Å². The van der Waals surface area contributed by atoms with Crippen molar-refractivity contribution < 1.29 is 9.59 Å². The molecule has 1 aliphatic heterocycles. The van der Waals surface area contributed by atoms with E-state index in [1.807, 2.05) is 35.7 Å². The van der Waals surface area contributed by atoms with E-state index in [4.69, 9.17) is 0 Å². The molecule has 4 nitrogen and oxygen atoms in total. The summed E-state index contributed by atoms with van der Waals surface area (Å²) in [5.74, 6) is -0.192. The maximum atomic E-state index is 11.5. The minimum Gasteiger partial charge on any atom is -0.276 e. The van der Waals surface area contributed by atoms with Crippen molar-refractivity contribution >= 4 is 23.2 Å². The van der Waals surface area contributed by atoms with Gasteiger partial charge in [-0.3, -0.25) is 14.5 Å². The second-order valence-electron chi connectivity index (χ2n) is 4.37. The monoisotopic (exact) mass is 272 g/mol. The van der Waals surface area contributed by atoms with Crippen LogP contribution < -0.4 is 0 Å². The smallest absolute Gasteiger partial charge is 0.230 e. The van der Waals surface area contributed by atoms with Crippen molar-refractivity contribution in [3.8, 4) is 11.3 Å². The minimum absolute atomic E-state index is 0.0959. The van der Waals surface area contributed by atoms with Crippen molar-refractivity contribution in [3.63, 3.8) is 0 Å². The van der Waals surface area contributed by atoms with Crippen molar-refractivity contribution in [3.05, 3.63) is 40.7 Å². The molecule has 0 saturated carbocycles. The summed E-state index contributed by atoms with van der Waals surface area (Å²) in [6.07, 6.45) is 0.658. The topological polar surface area (TPSA) is 50.3 Å². The molecule has 1 aliphatic rings. The van der Waals surface area contributed by atoms with Gasteiger partial charge in [-0.15, -0.1) is 11.3 Å². The highest BCUT2D eigenvalue weighted by Gasteiger charge is 2.29. The maximum Gasteiger partial charge on any atom is 0.230 e. The number of rotatable bonds is 3. The lowest BCUT2D eigenvalue weighted by molar-refractivity contribution is -0.139. The summed E-state index contributed by atoms with van der Waals surface area (Å²) in [7, 11) is 0. The zero-order valence-electron chi connectivity index (χ0n) is 10.2. The van der Waals surface area contributed by atoms with Gasteiger partial charge in [0, 0.05) is 23.8 Å². The van der Waals surface area contributed by atoms with Gasteiger partial charge in [0.25, 0.3) is 0 Å². The van der Waals surface area contributed by atoms with Gasteiger partial charge >= 0.3 is 0 Å². The number of carbonyl (C=O) groups is 2. The van der Waals surface area contributed by atoms with Gasteiger partial charge in [0.1, 0.15) is 5.01 Å². The molecule has 2 amide bonds. The lowest BCUT2D eigenvalue weighted by atomic mass is 10.2. The number of nitrogens with zero attached hydrogens (tertiary/aromatic N) is 2. The van der Waals surface area contributed by atoms with E-state index in [0.717, 1.165) is 16.3 Å². The predicted molar refractivity (Wildman–Crippen MR) is 72.3 cm³/mol. The second-order valence-corrected chi connectivity index (χ2v) is 5.31. The first-order chi connectivity index (χ1) is 9.24. The fraction of sp³-hybridized carbons (Fsp3) is 0.214. The highest BCUT2D eigenvalue weighted by atomic mass is 32.1. The summed E-state index contributed by atoms with van der Waals surface area (Å²) in [6.45, 7) is 0.301. The number of aromatic nitrogens is 1. The first-order valence-corrected chi connectivity index (χ1v) is 6.95. The fourth-order valence-corrected chi connectivity index (χ4v) is 2.85. The summed E-state index contributed by atoms with van der Waals surface area (Å²) in [4.78, 5) is 28.9. The van der Waals surface area contributed by atoms with E-state index in [1.54, 1.807) is 0 Å². The average Bonchev–Trinajstić information content (AvgIpc) is 3.02. The van der Waals surface area contributed by atoms with Crippen molar-refractivity contribution in [2.24, 2.45) is 0 Å². The van der Waals surface area contributed by atoms with E-state index in [9.17, 15) is 9.59 Å². The van der Waals surface area contributed by atoms with Crippen molar-refractivity contribution in [2.45, 2.75) is 19.4 Å². The molecule has 0 unspecified atom stereocenters. The van der Waals surface area contributed by atoms with Gasteiger partial charge in [-0.25, -0.2) is 4.98 Å². The van der Waals surface area contributed by atoms with Crippen molar-refractivity contribution in [1.29, 1.82) is 0 Å². The van der Waals surface area contributed by atoms with Crippen LogP contribution >= 0.6 is 11.3 Å². The molecule has 1 fully saturated rings. The van der Waals surface area contributed by atoms with E-state index < -0.39 is 0 Å². The number of thiazole rings is 1. The number of amides is 2. The summed E-state index contributed by atoms with van der Waals surface area (Å²) >= 11 is 1.48. The third-order valence-corrected chi connectivity index (χ3v) is 3.90. The quantitative estimate of drug-likeness (QED) is 0.806. The van der Waals surface area contributed by atoms with E-state index in [-0.39, 0.29) is 11.8 Å². The Labute approximate surface area is 114 Å². The van der Waals surface area contributed by atoms with Gasteiger partial charge in [-0.2, -0.15) is 0 Å². The minimum atomic E-state index is -0.0959. The van der Waals surface area contributed by atoms with Gasteiger partial charge < -0.3 is 0 Å². The van der Waals surface area contributed by atoms with Crippen LogP contribution in [0.4, 0.5) is 0 Å². The Morgan fingerprint density at radius 1 is 1.11 bits per heavy atom. The van der Waals surface area contributed by atoms with E-state index in [0.29, 0.717) is 19.4 Å². The molecule has 0 radical (unpaired) electrons. The molecular weight excluding hydrogens is 260 g/mol. The molecular formula is C14H12N2O2S.